The van der Waals surface area contributed by atoms with Gasteiger partial charge in [0.1, 0.15) is 0 Å². The zero-order chi connectivity index (χ0) is 5.98. The van der Waals surface area contributed by atoms with E-state index in [1.807, 2.05) is 25.3 Å². The molecule has 1 heteroatoms. The van der Waals surface area contributed by atoms with Crippen LogP contribution in [0.3, 0.4) is 0 Å². The van der Waals surface area contributed by atoms with Gasteiger partial charge in [0.25, 0.3) is 0 Å². The maximum Gasteiger partial charge on any atom is 0.0404 e. The third kappa shape index (κ3) is 0.808. The van der Waals surface area contributed by atoms with Crippen molar-refractivity contribution >= 4 is 5.57 Å². The van der Waals surface area contributed by atoms with Crippen molar-refractivity contribution in [2.45, 2.75) is 6.92 Å². The zero-order valence-corrected chi connectivity index (χ0v) is 4.94. The van der Waals surface area contributed by atoms with Gasteiger partial charge in [0.2, 0.25) is 0 Å². The topological polar surface area (TPSA) is 15.8 Å². The Balaban J connectivity index is 2.93. The van der Waals surface area contributed by atoms with E-state index in [9.17, 15) is 0 Å². The fourth-order valence-corrected chi connectivity index (χ4v) is 0.596. The van der Waals surface area contributed by atoms with Crippen molar-refractivity contribution in [2.24, 2.45) is 0 Å². The lowest BCUT2D eigenvalue weighted by molar-refractivity contribution is 1.34. The van der Waals surface area contributed by atoms with Crippen LogP contribution < -0.4 is 0 Å². The van der Waals surface area contributed by atoms with Gasteiger partial charge in [-0.2, -0.15) is 0 Å². The molecule has 0 spiro atoms. The third-order valence-corrected chi connectivity index (χ3v) is 1.06. The average Bonchev–Trinajstić information content (AvgIpc) is 2.12. The second-order valence-corrected chi connectivity index (χ2v) is 1.86. The smallest absolute Gasteiger partial charge is 0.0404 e. The van der Waals surface area contributed by atoms with Crippen molar-refractivity contribution in [3.63, 3.8) is 0 Å². The van der Waals surface area contributed by atoms with Gasteiger partial charge in [-0.25, -0.2) is 0 Å². The molecule has 1 aromatic rings. The Morgan fingerprint density at radius 1 is 1.75 bits per heavy atom. The predicted molar refractivity (Wildman–Crippen MR) is 35.5 cm³/mol. The van der Waals surface area contributed by atoms with Gasteiger partial charge >= 0.3 is 0 Å². The second-order valence-electron chi connectivity index (χ2n) is 1.86. The first kappa shape index (κ1) is 5.16. The van der Waals surface area contributed by atoms with E-state index in [2.05, 4.69) is 11.6 Å². The van der Waals surface area contributed by atoms with E-state index in [4.69, 9.17) is 0 Å². The van der Waals surface area contributed by atoms with Crippen LogP contribution in [0.5, 0.6) is 0 Å². The number of hydrogen-bond acceptors (Lipinski definition) is 0. The van der Waals surface area contributed by atoms with Crippen LogP contribution in [0.1, 0.15) is 12.6 Å². The first-order chi connectivity index (χ1) is 3.80. The fraction of sp³-hybridized carbons (Fsp3) is 0.143. The fourth-order valence-electron chi connectivity index (χ4n) is 0.596. The molecule has 1 rings (SSSR count). The van der Waals surface area contributed by atoms with Gasteiger partial charge in [-0.05, 0) is 24.6 Å². The van der Waals surface area contributed by atoms with Crippen molar-refractivity contribution in [3.05, 3.63) is 30.6 Å². The highest BCUT2D eigenvalue weighted by Crippen LogP contribution is 2.05. The van der Waals surface area contributed by atoms with E-state index in [0.29, 0.717) is 0 Å². The van der Waals surface area contributed by atoms with Crippen LogP contribution in [0.25, 0.3) is 5.57 Å². The van der Waals surface area contributed by atoms with Crippen LogP contribution in [0.4, 0.5) is 0 Å². The van der Waals surface area contributed by atoms with E-state index >= 15 is 0 Å². The van der Waals surface area contributed by atoms with Crippen molar-refractivity contribution in [3.8, 4) is 0 Å². The van der Waals surface area contributed by atoms with E-state index in [1.54, 1.807) is 0 Å². The van der Waals surface area contributed by atoms with Gasteiger partial charge in [-0.15, -0.1) is 0 Å². The monoisotopic (exact) mass is 107 g/mol. The number of H-pyrrole nitrogens is 1. The highest BCUT2D eigenvalue weighted by atomic mass is 14.7. The van der Waals surface area contributed by atoms with E-state index < -0.39 is 0 Å². The zero-order valence-electron chi connectivity index (χ0n) is 4.94. The minimum Gasteiger partial charge on any atom is -0.361 e. The van der Waals surface area contributed by atoms with E-state index in [-0.39, 0.29) is 0 Å². The van der Waals surface area contributed by atoms with Crippen LogP contribution in [-0.4, -0.2) is 4.98 Å². The van der Waals surface area contributed by atoms with Gasteiger partial charge in [0.15, 0.2) is 0 Å². The first-order valence-electron chi connectivity index (χ1n) is 2.60. The summed E-state index contributed by atoms with van der Waals surface area (Å²) in [5, 5.41) is 0. The Bertz CT molecular complexity index is 172. The minimum absolute atomic E-state index is 1.08. The summed E-state index contributed by atoms with van der Waals surface area (Å²) in [6.45, 7) is 5.74. The Kier molecular flexibility index (Phi) is 1.20. The molecule has 1 heterocycles. The van der Waals surface area contributed by atoms with Gasteiger partial charge in [0.05, 0.1) is 0 Å². The first-order valence-corrected chi connectivity index (χ1v) is 2.60. The lowest BCUT2D eigenvalue weighted by atomic mass is 10.3. The van der Waals surface area contributed by atoms with Crippen LogP contribution >= 0.6 is 0 Å². The van der Waals surface area contributed by atoms with Gasteiger partial charge in [-0.1, -0.05) is 6.58 Å². The van der Waals surface area contributed by atoms with Gasteiger partial charge in [-0.3, -0.25) is 0 Å². The number of aromatic nitrogens is 1. The van der Waals surface area contributed by atoms with E-state index in [1.165, 1.54) is 0 Å². The molecule has 0 aliphatic rings. The standard InChI is InChI=1S/C7H9N/c1-6(2)7-4-3-5-8-7/h3-5,8H,1H2,2H3. The molecule has 8 heavy (non-hydrogen) atoms. The molecule has 0 aliphatic heterocycles. The highest BCUT2D eigenvalue weighted by Gasteiger charge is 1.87. The second kappa shape index (κ2) is 1.86. The molecule has 0 aliphatic carbocycles. The maximum atomic E-state index is 3.77. The summed E-state index contributed by atoms with van der Waals surface area (Å²) in [6.07, 6.45) is 1.89. The molecule has 0 fully saturated rings. The SMILES string of the molecule is C=C(C)c1ccc[nH]1. The Hall–Kier alpha value is -0.980. The molecule has 0 saturated heterocycles. The summed E-state index contributed by atoms with van der Waals surface area (Å²) < 4.78 is 0. The summed E-state index contributed by atoms with van der Waals surface area (Å²) in [7, 11) is 0. The van der Waals surface area contributed by atoms with E-state index in [0.717, 1.165) is 11.3 Å². The molecule has 42 valence electrons. The molecule has 0 amide bonds. The van der Waals surface area contributed by atoms with Crippen LogP contribution in [0.2, 0.25) is 0 Å². The molecule has 0 bridgehead atoms. The molecular formula is C7H9N. The van der Waals surface area contributed by atoms with Crippen LogP contribution in [0.15, 0.2) is 24.9 Å². The van der Waals surface area contributed by atoms with Crippen molar-refractivity contribution in [2.75, 3.05) is 0 Å². The molecule has 0 atom stereocenters. The maximum absolute atomic E-state index is 3.77. The number of nitrogens with one attached hydrogen (secondary N) is 1. The lowest BCUT2D eigenvalue weighted by Gasteiger charge is -1.88. The van der Waals surface area contributed by atoms with Crippen molar-refractivity contribution in [1.82, 2.24) is 4.98 Å². The molecule has 1 N–H and O–H groups in total. The number of rotatable bonds is 1. The molecule has 0 aromatic carbocycles. The minimum atomic E-state index is 1.08. The van der Waals surface area contributed by atoms with Gasteiger partial charge in [0, 0.05) is 11.9 Å². The Morgan fingerprint density at radius 3 is 2.75 bits per heavy atom. The van der Waals surface area contributed by atoms with Crippen LogP contribution in [0, 0.1) is 0 Å². The van der Waals surface area contributed by atoms with Crippen molar-refractivity contribution in [1.29, 1.82) is 0 Å². The summed E-state index contributed by atoms with van der Waals surface area (Å²) in [6, 6.07) is 3.96. The predicted octanol–water partition coefficient (Wildman–Crippen LogP) is 2.05. The van der Waals surface area contributed by atoms with Gasteiger partial charge < -0.3 is 4.98 Å². The highest BCUT2D eigenvalue weighted by molar-refractivity contribution is 5.57. The lowest BCUT2D eigenvalue weighted by Crippen LogP contribution is -1.72. The molecule has 0 unspecified atom stereocenters. The van der Waals surface area contributed by atoms with Crippen LogP contribution in [-0.2, 0) is 0 Å². The molecular weight excluding hydrogens is 98.1 g/mol. The number of aromatic amines is 1. The Morgan fingerprint density at radius 2 is 2.50 bits per heavy atom. The third-order valence-electron chi connectivity index (χ3n) is 1.06. The Labute approximate surface area is 49.0 Å². The average molecular weight is 107 g/mol. The normalized spacial score (nSPS) is 9.12. The summed E-state index contributed by atoms with van der Waals surface area (Å²) >= 11 is 0. The molecule has 1 nitrogen and oxygen atoms in total. The number of allylic oxidation sites excluding steroid dienone is 1. The largest absolute Gasteiger partial charge is 0.361 e. The quantitative estimate of drug-likeness (QED) is 0.565. The summed E-state index contributed by atoms with van der Waals surface area (Å²) in [4.78, 5) is 3.04. The molecule has 1 aromatic heterocycles. The summed E-state index contributed by atoms with van der Waals surface area (Å²) in [5.74, 6) is 0. The van der Waals surface area contributed by atoms with Crippen molar-refractivity contribution < 1.29 is 0 Å². The number of hydrogen-bond donors (Lipinski definition) is 1. The molecule has 0 saturated carbocycles. The molecule has 0 radical (unpaired) electrons. The summed E-state index contributed by atoms with van der Waals surface area (Å²) in [5.41, 5.74) is 2.19.